The summed E-state index contributed by atoms with van der Waals surface area (Å²) in [5.74, 6) is 0. The minimum atomic E-state index is -4.32. The fraction of sp³-hybridized carbons (Fsp3) is 0.692. The van der Waals surface area contributed by atoms with Gasteiger partial charge in [-0.2, -0.15) is 13.2 Å². The molecule has 1 unspecified atom stereocenters. The van der Waals surface area contributed by atoms with E-state index in [0.717, 1.165) is 42.4 Å². The van der Waals surface area contributed by atoms with Crippen molar-refractivity contribution >= 4 is 38.9 Å². The van der Waals surface area contributed by atoms with Crippen molar-refractivity contribution in [3.63, 3.8) is 0 Å². The molecule has 0 aliphatic heterocycles. The van der Waals surface area contributed by atoms with Crippen LogP contribution >= 0.6 is 38.9 Å². The predicted octanol–water partition coefficient (Wildman–Crippen LogP) is 6.78. The average molecular weight is 376 g/mol. The third kappa shape index (κ3) is 3.13. The summed E-state index contributed by atoms with van der Waals surface area (Å²) < 4.78 is 38.5. The zero-order valence-corrected chi connectivity index (χ0v) is 13.6. The molecule has 0 spiro atoms. The van der Waals surface area contributed by atoms with E-state index >= 15 is 0 Å². The first-order valence-electron chi connectivity index (χ1n) is 6.24. The maximum Gasteiger partial charge on any atom is 0.418 e. The summed E-state index contributed by atoms with van der Waals surface area (Å²) in [5.41, 5.74) is -0.715. The van der Waals surface area contributed by atoms with E-state index in [1.807, 2.05) is 0 Å². The van der Waals surface area contributed by atoms with Gasteiger partial charge in [0.2, 0.25) is 0 Å². The van der Waals surface area contributed by atoms with Crippen LogP contribution in [0.4, 0.5) is 13.2 Å². The number of halogens is 5. The highest BCUT2D eigenvalue weighted by Crippen LogP contribution is 2.53. The molecule has 1 saturated carbocycles. The van der Waals surface area contributed by atoms with E-state index in [9.17, 15) is 13.2 Å². The van der Waals surface area contributed by atoms with Crippen molar-refractivity contribution in [2.24, 2.45) is 5.41 Å². The molecule has 1 aliphatic carbocycles. The predicted molar refractivity (Wildman–Crippen MR) is 76.8 cm³/mol. The largest absolute Gasteiger partial charge is 0.418 e. The Labute approximate surface area is 128 Å². The van der Waals surface area contributed by atoms with Gasteiger partial charge in [-0.25, -0.2) is 0 Å². The summed E-state index contributed by atoms with van der Waals surface area (Å²) in [6.07, 6.45) is 1.04. The van der Waals surface area contributed by atoms with E-state index in [-0.39, 0.29) is 15.3 Å². The Morgan fingerprint density at radius 2 is 1.89 bits per heavy atom. The third-order valence-corrected chi connectivity index (χ3v) is 6.94. The van der Waals surface area contributed by atoms with Gasteiger partial charge >= 0.3 is 6.18 Å². The van der Waals surface area contributed by atoms with Crippen LogP contribution in [-0.2, 0) is 6.18 Å². The van der Waals surface area contributed by atoms with Gasteiger partial charge in [-0.3, -0.25) is 0 Å². The van der Waals surface area contributed by atoms with Gasteiger partial charge in [-0.1, -0.05) is 26.2 Å². The van der Waals surface area contributed by atoms with Crippen molar-refractivity contribution < 1.29 is 13.2 Å². The molecule has 1 fully saturated rings. The smallest absolute Gasteiger partial charge is 0.166 e. The summed E-state index contributed by atoms with van der Waals surface area (Å²) in [5, 5.41) is 0.796. The molecule has 1 heterocycles. The molecule has 108 valence electrons. The van der Waals surface area contributed by atoms with Gasteiger partial charge in [-0.05, 0) is 34.2 Å². The van der Waals surface area contributed by atoms with Gasteiger partial charge in [-0.15, -0.1) is 22.9 Å². The van der Waals surface area contributed by atoms with Gasteiger partial charge in [0.1, 0.15) is 0 Å². The van der Waals surface area contributed by atoms with Crippen molar-refractivity contribution in [1.29, 1.82) is 0 Å². The maximum atomic E-state index is 12.8. The zero-order valence-electron chi connectivity index (χ0n) is 10.5. The second kappa shape index (κ2) is 5.57. The number of hydrogen-bond donors (Lipinski definition) is 0. The van der Waals surface area contributed by atoms with E-state index in [2.05, 4.69) is 22.9 Å². The second-order valence-electron chi connectivity index (χ2n) is 5.40. The Balaban J connectivity index is 2.29. The first-order chi connectivity index (χ1) is 8.76. The molecule has 0 N–H and O–H groups in total. The molecular formula is C13H15BrClF3S. The van der Waals surface area contributed by atoms with Crippen molar-refractivity contribution in [1.82, 2.24) is 0 Å². The fourth-order valence-electron chi connectivity index (χ4n) is 2.65. The van der Waals surface area contributed by atoms with E-state index in [0.29, 0.717) is 4.88 Å². The molecule has 0 bridgehead atoms. The Bertz CT molecular complexity index is 449. The Morgan fingerprint density at radius 3 is 2.37 bits per heavy atom. The normalized spacial score (nSPS) is 21.4. The van der Waals surface area contributed by atoms with Crippen molar-refractivity contribution in [3.8, 4) is 0 Å². The van der Waals surface area contributed by atoms with Crippen LogP contribution in [0.25, 0.3) is 0 Å². The van der Waals surface area contributed by atoms with Gasteiger partial charge in [0.15, 0.2) is 0 Å². The van der Waals surface area contributed by atoms with Crippen LogP contribution in [0.1, 0.15) is 54.8 Å². The average Bonchev–Trinajstić information content (AvgIpc) is 2.70. The second-order valence-corrected chi connectivity index (χ2v) is 7.54. The molecule has 1 atom stereocenters. The Hall–Kier alpha value is 0.260. The molecule has 0 saturated heterocycles. The molecule has 6 heteroatoms. The summed E-state index contributed by atoms with van der Waals surface area (Å²) >= 11 is 10.7. The topological polar surface area (TPSA) is 0 Å². The van der Waals surface area contributed by atoms with Gasteiger partial charge in [0.05, 0.1) is 10.9 Å². The SMILES string of the molecule is CC1(C(Cl)c2scc(C(F)(F)F)c2Br)CCCCC1. The number of hydrogen-bond acceptors (Lipinski definition) is 1. The molecule has 0 aromatic carbocycles. The summed E-state index contributed by atoms with van der Waals surface area (Å²) in [7, 11) is 0. The van der Waals surface area contributed by atoms with Crippen LogP contribution in [0.15, 0.2) is 9.85 Å². The lowest BCUT2D eigenvalue weighted by Crippen LogP contribution is -2.25. The third-order valence-electron chi connectivity index (χ3n) is 3.90. The standard InChI is InChI=1S/C13H15BrClF3S/c1-12(5-3-2-4-6-12)11(15)10-9(14)8(7-19-10)13(16,17)18/h7,11H,2-6H2,1H3. The van der Waals surface area contributed by atoms with E-state index in [1.165, 1.54) is 6.42 Å². The monoisotopic (exact) mass is 374 g/mol. The van der Waals surface area contributed by atoms with E-state index in [1.54, 1.807) is 0 Å². The zero-order chi connectivity index (χ0) is 14.3. The molecule has 1 aromatic rings. The molecule has 2 rings (SSSR count). The van der Waals surface area contributed by atoms with Crippen molar-refractivity contribution in [2.45, 2.75) is 50.6 Å². The van der Waals surface area contributed by atoms with Crippen LogP contribution in [0.2, 0.25) is 0 Å². The number of rotatable bonds is 2. The van der Waals surface area contributed by atoms with E-state index < -0.39 is 11.7 Å². The van der Waals surface area contributed by atoms with Crippen molar-refractivity contribution in [2.75, 3.05) is 0 Å². The highest BCUT2D eigenvalue weighted by Gasteiger charge is 2.41. The molecular weight excluding hydrogens is 361 g/mol. The quantitative estimate of drug-likeness (QED) is 0.500. The van der Waals surface area contributed by atoms with Crippen LogP contribution in [-0.4, -0.2) is 0 Å². The van der Waals surface area contributed by atoms with Gasteiger partial charge in [0, 0.05) is 14.7 Å². The minimum Gasteiger partial charge on any atom is -0.166 e. The van der Waals surface area contributed by atoms with Crippen LogP contribution in [0, 0.1) is 5.41 Å². The van der Waals surface area contributed by atoms with Gasteiger partial charge < -0.3 is 0 Å². The van der Waals surface area contributed by atoms with Gasteiger partial charge in [0.25, 0.3) is 0 Å². The van der Waals surface area contributed by atoms with E-state index in [4.69, 9.17) is 11.6 Å². The maximum absolute atomic E-state index is 12.8. The molecule has 0 nitrogen and oxygen atoms in total. The first-order valence-corrected chi connectivity index (χ1v) is 8.35. The highest BCUT2D eigenvalue weighted by atomic mass is 79.9. The fourth-order valence-corrected chi connectivity index (χ4v) is 5.38. The molecule has 1 aromatic heterocycles. The Morgan fingerprint density at radius 1 is 1.32 bits per heavy atom. The lowest BCUT2D eigenvalue weighted by Gasteiger charge is -2.37. The summed E-state index contributed by atoms with van der Waals surface area (Å²) in [6.45, 7) is 2.09. The highest BCUT2D eigenvalue weighted by molar-refractivity contribution is 9.10. The first kappa shape index (κ1) is 15.6. The molecule has 1 aliphatic rings. The molecule has 0 radical (unpaired) electrons. The van der Waals surface area contributed by atoms with Crippen LogP contribution in [0.3, 0.4) is 0 Å². The number of alkyl halides is 4. The number of thiophene rings is 1. The van der Waals surface area contributed by atoms with Crippen LogP contribution in [0.5, 0.6) is 0 Å². The Kier molecular flexibility index (Phi) is 4.58. The summed E-state index contributed by atoms with van der Waals surface area (Å²) in [4.78, 5) is 0.610. The lowest BCUT2D eigenvalue weighted by molar-refractivity contribution is -0.137. The minimum absolute atomic E-state index is 0.101. The lowest BCUT2D eigenvalue weighted by atomic mass is 9.73. The summed E-state index contributed by atoms with van der Waals surface area (Å²) in [6, 6.07) is 0. The molecule has 19 heavy (non-hydrogen) atoms. The van der Waals surface area contributed by atoms with Crippen LogP contribution < -0.4 is 0 Å². The molecule has 0 amide bonds. The van der Waals surface area contributed by atoms with Crippen molar-refractivity contribution in [3.05, 3.63) is 20.3 Å².